The summed E-state index contributed by atoms with van der Waals surface area (Å²) >= 11 is 3.32. The van der Waals surface area contributed by atoms with Gasteiger partial charge >= 0.3 is 0 Å². The van der Waals surface area contributed by atoms with Crippen molar-refractivity contribution in [3.63, 3.8) is 0 Å². The van der Waals surface area contributed by atoms with Crippen LogP contribution in [0.25, 0.3) is 0 Å². The molecule has 0 saturated carbocycles. The molecule has 0 amide bonds. The Morgan fingerprint density at radius 3 is 2.64 bits per heavy atom. The number of unbranched alkanes of at least 4 members (excludes halogenated alkanes) is 3. The largest absolute Gasteiger partial charge is 0.507 e. The van der Waals surface area contributed by atoms with E-state index < -0.39 is 0 Å². The normalized spacial score (nSPS) is 10.4. The second-order valence-corrected chi connectivity index (χ2v) is 4.45. The van der Waals surface area contributed by atoms with Crippen LogP contribution in [0.3, 0.4) is 0 Å². The number of phenols is 1. The van der Waals surface area contributed by atoms with Crippen LogP contribution in [-0.4, -0.2) is 5.11 Å². The molecule has 1 aromatic carbocycles. The van der Waals surface area contributed by atoms with Crippen LogP contribution in [0.4, 0.5) is 0 Å². The predicted octanol–water partition coefficient (Wildman–Crippen LogP) is 4.28. The average Bonchev–Trinajstić information content (AvgIpc) is 2.18. The smallest absolute Gasteiger partial charge is 0.129 e. The summed E-state index contributed by atoms with van der Waals surface area (Å²) in [5, 5.41) is 9.31. The molecule has 0 heterocycles. The fraction of sp³-hybridized carbons (Fsp3) is 0.500. The summed E-state index contributed by atoms with van der Waals surface area (Å²) in [5.74, 6) is 0.322. The molecule has 0 aromatic heterocycles. The van der Waals surface area contributed by atoms with E-state index in [1.165, 1.54) is 31.2 Å². The minimum atomic E-state index is 0.322. The molecule has 14 heavy (non-hydrogen) atoms. The number of hydrogen-bond donors (Lipinski definition) is 1. The van der Waals surface area contributed by atoms with E-state index >= 15 is 0 Å². The lowest BCUT2D eigenvalue weighted by Gasteiger charge is -2.03. The van der Waals surface area contributed by atoms with Crippen LogP contribution in [0, 0.1) is 0 Å². The molecule has 0 spiro atoms. The molecule has 1 N–H and O–H groups in total. The number of phenolic OH excluding ortho intramolecular Hbond substituents is 1. The highest BCUT2D eigenvalue weighted by Gasteiger charge is 1.99. The van der Waals surface area contributed by atoms with Crippen molar-refractivity contribution in [3.8, 4) is 5.75 Å². The topological polar surface area (TPSA) is 20.2 Å². The van der Waals surface area contributed by atoms with Gasteiger partial charge in [0.05, 0.1) is 4.47 Å². The summed E-state index contributed by atoms with van der Waals surface area (Å²) in [6, 6.07) is 5.74. The van der Waals surface area contributed by atoms with Gasteiger partial charge in [0, 0.05) is 0 Å². The van der Waals surface area contributed by atoms with Crippen molar-refractivity contribution in [1.29, 1.82) is 0 Å². The summed E-state index contributed by atoms with van der Waals surface area (Å²) in [6.07, 6.45) is 6.25. The zero-order chi connectivity index (χ0) is 10.4. The first-order valence-electron chi connectivity index (χ1n) is 5.21. The van der Waals surface area contributed by atoms with Gasteiger partial charge in [-0.3, -0.25) is 0 Å². The van der Waals surface area contributed by atoms with Gasteiger partial charge in [0.1, 0.15) is 5.75 Å². The zero-order valence-electron chi connectivity index (χ0n) is 8.59. The maximum atomic E-state index is 9.31. The number of rotatable bonds is 5. The van der Waals surface area contributed by atoms with Gasteiger partial charge in [-0.25, -0.2) is 0 Å². The molecule has 0 bridgehead atoms. The van der Waals surface area contributed by atoms with Gasteiger partial charge in [0.2, 0.25) is 0 Å². The monoisotopic (exact) mass is 256 g/mol. The zero-order valence-corrected chi connectivity index (χ0v) is 10.2. The quantitative estimate of drug-likeness (QED) is 0.780. The average molecular weight is 257 g/mol. The first kappa shape index (κ1) is 11.6. The molecular weight excluding hydrogens is 240 g/mol. The molecular formula is C12H17BrO. The van der Waals surface area contributed by atoms with Crippen molar-refractivity contribution in [2.45, 2.75) is 39.0 Å². The van der Waals surface area contributed by atoms with Crippen molar-refractivity contribution < 1.29 is 5.11 Å². The fourth-order valence-corrected chi connectivity index (χ4v) is 1.89. The predicted molar refractivity (Wildman–Crippen MR) is 63.7 cm³/mol. The fourth-order valence-electron chi connectivity index (χ4n) is 1.46. The van der Waals surface area contributed by atoms with Crippen molar-refractivity contribution in [3.05, 3.63) is 28.2 Å². The van der Waals surface area contributed by atoms with Crippen molar-refractivity contribution in [2.75, 3.05) is 0 Å². The Morgan fingerprint density at radius 1 is 1.21 bits per heavy atom. The molecule has 1 nitrogen and oxygen atoms in total. The standard InChI is InChI=1S/C12H17BrO/c1-2-3-4-5-6-10-7-8-12(14)11(13)9-10/h7-9,14H,2-6H2,1H3. The minimum absolute atomic E-state index is 0.322. The first-order chi connectivity index (χ1) is 6.74. The van der Waals surface area contributed by atoms with Crippen LogP contribution in [-0.2, 0) is 6.42 Å². The van der Waals surface area contributed by atoms with Gasteiger partial charge in [-0.05, 0) is 46.5 Å². The molecule has 0 unspecified atom stereocenters. The van der Waals surface area contributed by atoms with Crippen molar-refractivity contribution in [1.82, 2.24) is 0 Å². The van der Waals surface area contributed by atoms with E-state index in [4.69, 9.17) is 0 Å². The minimum Gasteiger partial charge on any atom is -0.507 e. The lowest BCUT2D eigenvalue weighted by Crippen LogP contribution is -1.85. The first-order valence-corrected chi connectivity index (χ1v) is 6.00. The Labute approximate surface area is 94.3 Å². The van der Waals surface area contributed by atoms with Crippen LogP contribution in [0.15, 0.2) is 22.7 Å². The molecule has 2 heteroatoms. The third kappa shape index (κ3) is 3.70. The van der Waals surface area contributed by atoms with Crippen LogP contribution in [0.5, 0.6) is 5.75 Å². The number of halogens is 1. The van der Waals surface area contributed by atoms with Gasteiger partial charge in [0.25, 0.3) is 0 Å². The highest BCUT2D eigenvalue weighted by atomic mass is 79.9. The molecule has 0 atom stereocenters. The molecule has 0 aliphatic rings. The molecule has 1 rings (SSSR count). The SMILES string of the molecule is CCCCCCc1ccc(O)c(Br)c1. The summed E-state index contributed by atoms with van der Waals surface area (Å²) in [5.41, 5.74) is 1.30. The van der Waals surface area contributed by atoms with Gasteiger partial charge in [-0.2, -0.15) is 0 Å². The molecule has 0 saturated heterocycles. The molecule has 0 radical (unpaired) electrons. The van der Waals surface area contributed by atoms with E-state index in [2.05, 4.69) is 22.9 Å². The van der Waals surface area contributed by atoms with E-state index in [-0.39, 0.29) is 0 Å². The molecule has 1 aromatic rings. The lowest BCUT2D eigenvalue weighted by atomic mass is 10.1. The van der Waals surface area contributed by atoms with E-state index in [0.29, 0.717) is 5.75 Å². The Bertz CT molecular complexity index is 284. The summed E-state index contributed by atoms with van der Waals surface area (Å²) in [7, 11) is 0. The second-order valence-electron chi connectivity index (χ2n) is 3.60. The highest BCUT2D eigenvalue weighted by molar-refractivity contribution is 9.10. The van der Waals surface area contributed by atoms with E-state index in [1.54, 1.807) is 6.07 Å². The Morgan fingerprint density at radius 2 is 2.00 bits per heavy atom. The lowest BCUT2D eigenvalue weighted by molar-refractivity contribution is 0.471. The van der Waals surface area contributed by atoms with E-state index in [9.17, 15) is 5.11 Å². The van der Waals surface area contributed by atoms with Gasteiger partial charge in [-0.1, -0.05) is 32.3 Å². The maximum Gasteiger partial charge on any atom is 0.129 e. The molecule has 0 fully saturated rings. The van der Waals surface area contributed by atoms with Crippen molar-refractivity contribution >= 4 is 15.9 Å². The molecule has 0 aliphatic heterocycles. The van der Waals surface area contributed by atoms with E-state index in [1.807, 2.05) is 12.1 Å². The summed E-state index contributed by atoms with van der Waals surface area (Å²) in [4.78, 5) is 0. The van der Waals surface area contributed by atoms with E-state index in [0.717, 1.165) is 10.9 Å². The molecule has 78 valence electrons. The van der Waals surface area contributed by atoms with Crippen LogP contribution in [0.1, 0.15) is 38.2 Å². The Kier molecular flexibility index (Phi) is 5.02. The van der Waals surface area contributed by atoms with Crippen LogP contribution >= 0.6 is 15.9 Å². The number of hydrogen-bond acceptors (Lipinski definition) is 1. The number of aromatic hydroxyl groups is 1. The van der Waals surface area contributed by atoms with Gasteiger partial charge in [0.15, 0.2) is 0 Å². The second kappa shape index (κ2) is 6.07. The Hall–Kier alpha value is -0.500. The number of benzene rings is 1. The van der Waals surface area contributed by atoms with Gasteiger partial charge < -0.3 is 5.11 Å². The van der Waals surface area contributed by atoms with Gasteiger partial charge in [-0.15, -0.1) is 0 Å². The molecule has 0 aliphatic carbocycles. The third-order valence-electron chi connectivity index (χ3n) is 2.33. The Balaban J connectivity index is 2.39. The van der Waals surface area contributed by atoms with Crippen LogP contribution in [0.2, 0.25) is 0 Å². The van der Waals surface area contributed by atoms with Crippen LogP contribution < -0.4 is 0 Å². The summed E-state index contributed by atoms with van der Waals surface area (Å²) in [6.45, 7) is 2.22. The number of aryl methyl sites for hydroxylation is 1. The maximum absolute atomic E-state index is 9.31. The third-order valence-corrected chi connectivity index (χ3v) is 2.97. The summed E-state index contributed by atoms with van der Waals surface area (Å²) < 4.78 is 0.797. The highest BCUT2D eigenvalue weighted by Crippen LogP contribution is 2.24. The van der Waals surface area contributed by atoms with Crippen molar-refractivity contribution in [2.24, 2.45) is 0 Å².